The molecular weight excluding hydrogens is 422 g/mol. The molecule has 0 unspecified atom stereocenters. The van der Waals surface area contributed by atoms with Crippen LogP contribution >= 0.6 is 11.6 Å². The van der Waals surface area contributed by atoms with E-state index in [-0.39, 0.29) is 5.91 Å². The average Bonchev–Trinajstić information content (AvgIpc) is 2.78. The lowest BCUT2D eigenvalue weighted by molar-refractivity contribution is 0.102. The van der Waals surface area contributed by atoms with E-state index < -0.39 is 0 Å². The highest BCUT2D eigenvalue weighted by molar-refractivity contribution is 6.30. The molecule has 1 amide bonds. The number of nitrogens with one attached hydrogen (secondary N) is 2. The molecule has 0 aliphatic heterocycles. The molecule has 7 heteroatoms. The highest BCUT2D eigenvalue weighted by atomic mass is 35.5. The first-order valence-electron chi connectivity index (χ1n) is 10.2. The zero-order valence-electron chi connectivity index (χ0n) is 18.2. The van der Waals surface area contributed by atoms with E-state index in [1.807, 2.05) is 49.3 Å². The number of benzene rings is 3. The van der Waals surface area contributed by atoms with Gasteiger partial charge in [-0.3, -0.25) is 4.79 Å². The van der Waals surface area contributed by atoms with Gasteiger partial charge in [0.2, 0.25) is 5.95 Å². The smallest absolute Gasteiger partial charge is 0.255 e. The van der Waals surface area contributed by atoms with Crippen molar-refractivity contribution in [2.75, 3.05) is 29.6 Å². The lowest BCUT2D eigenvalue weighted by atomic mass is 10.1. The first kappa shape index (κ1) is 21.6. The van der Waals surface area contributed by atoms with Crippen molar-refractivity contribution < 1.29 is 4.79 Å². The predicted molar refractivity (Wildman–Crippen MR) is 132 cm³/mol. The van der Waals surface area contributed by atoms with Gasteiger partial charge >= 0.3 is 0 Å². The van der Waals surface area contributed by atoms with Crippen LogP contribution in [0.5, 0.6) is 0 Å². The molecule has 0 fully saturated rings. The zero-order chi connectivity index (χ0) is 22.7. The maximum atomic E-state index is 12.4. The van der Waals surface area contributed by atoms with Crippen LogP contribution in [0.1, 0.15) is 21.5 Å². The first-order chi connectivity index (χ1) is 15.4. The third-order valence-electron chi connectivity index (χ3n) is 5.02. The normalized spacial score (nSPS) is 10.8. The van der Waals surface area contributed by atoms with Crippen LogP contribution in [0.15, 0.2) is 66.7 Å². The second kappa shape index (κ2) is 9.24. The van der Waals surface area contributed by atoms with E-state index in [2.05, 4.69) is 34.7 Å². The number of aromatic nitrogens is 2. The molecule has 6 nitrogen and oxygen atoms in total. The van der Waals surface area contributed by atoms with Crippen molar-refractivity contribution in [2.24, 2.45) is 0 Å². The van der Waals surface area contributed by atoms with E-state index in [0.717, 1.165) is 33.5 Å². The number of nitrogens with zero attached hydrogens (tertiary/aromatic N) is 3. The fourth-order valence-electron chi connectivity index (χ4n) is 3.26. The van der Waals surface area contributed by atoms with Gasteiger partial charge in [0.25, 0.3) is 5.91 Å². The molecule has 0 saturated heterocycles. The summed E-state index contributed by atoms with van der Waals surface area (Å²) in [4.78, 5) is 23.6. The van der Waals surface area contributed by atoms with Crippen LogP contribution in [0.25, 0.3) is 10.9 Å². The van der Waals surface area contributed by atoms with E-state index in [1.54, 1.807) is 24.3 Å². The van der Waals surface area contributed by atoms with Crippen LogP contribution in [-0.4, -0.2) is 30.0 Å². The van der Waals surface area contributed by atoms with Gasteiger partial charge in [-0.25, -0.2) is 4.98 Å². The molecule has 0 saturated carbocycles. The number of carbonyl (C=O) groups excluding carboxylic acids is 1. The minimum absolute atomic E-state index is 0.174. The Bertz CT molecular complexity index is 1250. The number of amides is 1. The molecule has 4 rings (SSSR count). The average molecular weight is 446 g/mol. The van der Waals surface area contributed by atoms with Gasteiger partial charge in [0, 0.05) is 42.3 Å². The Labute approximate surface area is 192 Å². The summed E-state index contributed by atoms with van der Waals surface area (Å²) in [6, 6.07) is 20.7. The molecule has 2 N–H and O–H groups in total. The third kappa shape index (κ3) is 4.98. The van der Waals surface area contributed by atoms with Gasteiger partial charge in [0.1, 0.15) is 5.82 Å². The van der Waals surface area contributed by atoms with Crippen LogP contribution in [-0.2, 0) is 6.54 Å². The predicted octanol–water partition coefficient (Wildman–Crippen LogP) is 5.52. The second-order valence-electron chi connectivity index (χ2n) is 7.80. The number of hydrogen-bond acceptors (Lipinski definition) is 5. The van der Waals surface area contributed by atoms with E-state index in [4.69, 9.17) is 16.6 Å². The Balaban J connectivity index is 1.47. The van der Waals surface area contributed by atoms with Crippen molar-refractivity contribution in [3.05, 3.63) is 88.4 Å². The second-order valence-corrected chi connectivity index (χ2v) is 8.24. The maximum absolute atomic E-state index is 12.4. The zero-order valence-corrected chi connectivity index (χ0v) is 18.9. The maximum Gasteiger partial charge on any atom is 0.255 e. The summed E-state index contributed by atoms with van der Waals surface area (Å²) in [6.07, 6.45) is 0. The van der Waals surface area contributed by atoms with Crippen LogP contribution in [0.2, 0.25) is 5.02 Å². The minimum atomic E-state index is -0.174. The van der Waals surface area contributed by atoms with Gasteiger partial charge in [-0.05, 0) is 61.0 Å². The molecule has 162 valence electrons. The molecule has 0 atom stereocenters. The van der Waals surface area contributed by atoms with Crippen molar-refractivity contribution in [3.8, 4) is 0 Å². The van der Waals surface area contributed by atoms with Crippen LogP contribution in [0.3, 0.4) is 0 Å². The lowest BCUT2D eigenvalue weighted by Gasteiger charge is -2.15. The fourth-order valence-corrected chi connectivity index (χ4v) is 3.39. The molecule has 0 aliphatic carbocycles. The molecule has 3 aromatic carbocycles. The molecule has 4 aromatic rings. The van der Waals surface area contributed by atoms with Crippen LogP contribution < -0.4 is 15.5 Å². The van der Waals surface area contributed by atoms with Gasteiger partial charge in [0.15, 0.2) is 0 Å². The summed E-state index contributed by atoms with van der Waals surface area (Å²) in [6.45, 7) is 2.65. The molecule has 32 heavy (non-hydrogen) atoms. The largest absolute Gasteiger partial charge is 0.365 e. The number of hydrogen-bond donors (Lipinski definition) is 2. The lowest BCUT2D eigenvalue weighted by Crippen LogP contribution is -2.14. The van der Waals surface area contributed by atoms with Crippen molar-refractivity contribution in [3.63, 3.8) is 0 Å². The Hall–Kier alpha value is -3.64. The van der Waals surface area contributed by atoms with Crippen LogP contribution in [0, 0.1) is 6.92 Å². The van der Waals surface area contributed by atoms with Gasteiger partial charge in [-0.1, -0.05) is 35.4 Å². The summed E-state index contributed by atoms with van der Waals surface area (Å²) in [5, 5.41) is 7.93. The van der Waals surface area contributed by atoms with Crippen molar-refractivity contribution in [2.45, 2.75) is 13.5 Å². The molecule has 0 spiro atoms. The third-order valence-corrected chi connectivity index (χ3v) is 5.27. The monoisotopic (exact) mass is 445 g/mol. The van der Waals surface area contributed by atoms with Crippen molar-refractivity contribution in [1.82, 2.24) is 9.97 Å². The topological polar surface area (TPSA) is 70.2 Å². The van der Waals surface area contributed by atoms with Crippen molar-refractivity contribution >= 4 is 45.9 Å². The van der Waals surface area contributed by atoms with Gasteiger partial charge < -0.3 is 15.5 Å². The van der Waals surface area contributed by atoms with E-state index in [1.165, 1.54) is 0 Å². The Kier molecular flexibility index (Phi) is 6.23. The summed E-state index contributed by atoms with van der Waals surface area (Å²) >= 11 is 5.88. The van der Waals surface area contributed by atoms with E-state index in [9.17, 15) is 4.79 Å². The Morgan fingerprint density at radius 2 is 1.69 bits per heavy atom. The SMILES string of the molecule is Cc1ccc2nc(N(C)C)nc(NCc3ccc(NC(=O)c4ccc(Cl)cc4)cc3)c2c1. The van der Waals surface area contributed by atoms with Crippen LogP contribution in [0.4, 0.5) is 17.5 Å². The first-order valence-corrected chi connectivity index (χ1v) is 10.6. The quantitative estimate of drug-likeness (QED) is 0.408. The number of halogens is 1. The number of anilines is 3. The molecule has 0 aliphatic rings. The highest BCUT2D eigenvalue weighted by Gasteiger charge is 2.10. The summed E-state index contributed by atoms with van der Waals surface area (Å²) in [5.41, 5.74) is 4.41. The van der Waals surface area contributed by atoms with Gasteiger partial charge in [-0.15, -0.1) is 0 Å². The number of aryl methyl sites for hydroxylation is 1. The number of carbonyl (C=O) groups is 1. The molecule has 0 bridgehead atoms. The van der Waals surface area contributed by atoms with Gasteiger partial charge in [-0.2, -0.15) is 4.98 Å². The molecule has 0 radical (unpaired) electrons. The van der Waals surface area contributed by atoms with E-state index in [0.29, 0.717) is 23.1 Å². The standard InChI is InChI=1S/C25H24ClN5O/c1-16-4-13-22-21(14-16)23(30-25(29-22)31(2)3)27-15-17-5-11-20(12-6-17)28-24(32)18-7-9-19(26)10-8-18/h4-14H,15H2,1-3H3,(H,28,32)(H,27,29,30). The Morgan fingerprint density at radius 1 is 0.969 bits per heavy atom. The fraction of sp³-hybridized carbons (Fsp3) is 0.160. The highest BCUT2D eigenvalue weighted by Crippen LogP contribution is 2.25. The molecular formula is C25H24ClN5O. The molecule has 1 aromatic heterocycles. The minimum Gasteiger partial charge on any atom is -0.365 e. The van der Waals surface area contributed by atoms with E-state index >= 15 is 0 Å². The van der Waals surface area contributed by atoms with Gasteiger partial charge in [0.05, 0.1) is 5.52 Å². The Morgan fingerprint density at radius 3 is 2.38 bits per heavy atom. The molecule has 1 heterocycles. The van der Waals surface area contributed by atoms with Crippen molar-refractivity contribution in [1.29, 1.82) is 0 Å². The number of rotatable bonds is 6. The summed E-state index contributed by atoms with van der Waals surface area (Å²) in [7, 11) is 3.85. The summed E-state index contributed by atoms with van der Waals surface area (Å²) < 4.78 is 0. The summed E-state index contributed by atoms with van der Waals surface area (Å²) in [5.74, 6) is 1.28. The number of fused-ring (bicyclic) bond motifs is 1.